The van der Waals surface area contributed by atoms with E-state index in [1.165, 1.54) is 12.6 Å². The highest BCUT2D eigenvalue weighted by Crippen LogP contribution is 2.28. The molecule has 2 aliphatic rings. The van der Waals surface area contributed by atoms with Gasteiger partial charge in [-0.1, -0.05) is 11.6 Å². The van der Waals surface area contributed by atoms with Gasteiger partial charge in [-0.2, -0.15) is 0 Å². The van der Waals surface area contributed by atoms with Crippen molar-refractivity contribution < 1.29 is 4.79 Å². The monoisotopic (exact) mass is 251 g/mol. The number of nitrogens with zero attached hydrogens (tertiary/aromatic N) is 1. The fourth-order valence-corrected chi connectivity index (χ4v) is 2.85. The normalized spacial score (nSPS) is 30.5. The smallest absolute Gasteiger partial charge is 0.270 e. The SMILES string of the molecule is O=C(N[C@@H]1C[C@H]2CC[C@@H]1N2)c1ccc(Cl)cn1. The Labute approximate surface area is 105 Å². The number of carbonyl (C=O) groups excluding carboxylic acids is 1. The summed E-state index contributed by atoms with van der Waals surface area (Å²) in [5.74, 6) is -0.110. The number of aromatic nitrogens is 1. The number of rotatable bonds is 2. The number of hydrogen-bond donors (Lipinski definition) is 2. The van der Waals surface area contributed by atoms with Crippen molar-refractivity contribution in [2.24, 2.45) is 0 Å². The number of hydrogen-bond acceptors (Lipinski definition) is 3. The summed E-state index contributed by atoms with van der Waals surface area (Å²) in [5.41, 5.74) is 0.428. The van der Waals surface area contributed by atoms with E-state index in [1.807, 2.05) is 0 Å². The van der Waals surface area contributed by atoms with Gasteiger partial charge >= 0.3 is 0 Å². The molecule has 2 N–H and O–H groups in total. The van der Waals surface area contributed by atoms with E-state index in [2.05, 4.69) is 15.6 Å². The molecule has 4 nitrogen and oxygen atoms in total. The molecule has 0 aromatic carbocycles. The maximum Gasteiger partial charge on any atom is 0.270 e. The van der Waals surface area contributed by atoms with E-state index >= 15 is 0 Å². The number of amides is 1. The van der Waals surface area contributed by atoms with Gasteiger partial charge in [0.2, 0.25) is 0 Å². The van der Waals surface area contributed by atoms with Crippen molar-refractivity contribution in [3.05, 3.63) is 29.0 Å². The quantitative estimate of drug-likeness (QED) is 0.835. The minimum atomic E-state index is -0.110. The molecule has 17 heavy (non-hydrogen) atoms. The van der Waals surface area contributed by atoms with Gasteiger partial charge in [0.1, 0.15) is 5.69 Å². The van der Waals surface area contributed by atoms with Crippen LogP contribution < -0.4 is 10.6 Å². The molecule has 2 aliphatic heterocycles. The predicted molar refractivity (Wildman–Crippen MR) is 65.1 cm³/mol. The molecule has 3 heterocycles. The third-order valence-electron chi connectivity index (χ3n) is 3.58. The summed E-state index contributed by atoms with van der Waals surface area (Å²) in [6.07, 6.45) is 4.92. The van der Waals surface area contributed by atoms with Crippen molar-refractivity contribution in [2.45, 2.75) is 37.4 Å². The summed E-state index contributed by atoms with van der Waals surface area (Å²) in [7, 11) is 0. The topological polar surface area (TPSA) is 54.0 Å². The highest BCUT2D eigenvalue weighted by atomic mass is 35.5. The molecule has 0 unspecified atom stereocenters. The molecule has 0 aliphatic carbocycles. The fourth-order valence-electron chi connectivity index (χ4n) is 2.74. The van der Waals surface area contributed by atoms with E-state index in [0.29, 0.717) is 22.8 Å². The zero-order valence-corrected chi connectivity index (χ0v) is 10.1. The standard InChI is InChI=1S/C12H14ClN3O/c13-7-1-3-10(14-6-7)12(17)16-11-5-8-2-4-9(11)15-8/h1,3,6,8-9,11,15H,2,4-5H2,(H,16,17)/t8-,9+,11-/m1/s1. The van der Waals surface area contributed by atoms with Crippen molar-refractivity contribution in [2.75, 3.05) is 0 Å². The Bertz CT molecular complexity index is 434. The second-order valence-electron chi connectivity index (χ2n) is 4.72. The van der Waals surface area contributed by atoms with E-state index in [0.717, 1.165) is 12.8 Å². The second-order valence-corrected chi connectivity index (χ2v) is 5.16. The molecule has 1 aromatic rings. The number of nitrogens with one attached hydrogen (secondary N) is 2. The molecule has 5 heteroatoms. The van der Waals surface area contributed by atoms with Gasteiger partial charge in [0, 0.05) is 24.3 Å². The maximum absolute atomic E-state index is 11.9. The third-order valence-corrected chi connectivity index (χ3v) is 3.80. The van der Waals surface area contributed by atoms with Crippen LogP contribution in [0.3, 0.4) is 0 Å². The lowest BCUT2D eigenvalue weighted by molar-refractivity contribution is 0.0926. The lowest BCUT2D eigenvalue weighted by Crippen LogP contribution is -2.43. The first-order chi connectivity index (χ1) is 8.22. The van der Waals surface area contributed by atoms with Crippen LogP contribution in [0.2, 0.25) is 5.02 Å². The number of halogens is 1. The van der Waals surface area contributed by atoms with Crippen molar-refractivity contribution >= 4 is 17.5 Å². The first-order valence-corrected chi connectivity index (χ1v) is 6.28. The molecule has 0 spiro atoms. The van der Waals surface area contributed by atoms with Crippen LogP contribution >= 0.6 is 11.6 Å². The average molecular weight is 252 g/mol. The van der Waals surface area contributed by atoms with Gasteiger partial charge in [0.25, 0.3) is 5.91 Å². The Balaban J connectivity index is 1.65. The van der Waals surface area contributed by atoms with Gasteiger partial charge < -0.3 is 10.6 Å². The van der Waals surface area contributed by atoms with Gasteiger partial charge in [0.05, 0.1) is 5.02 Å². The van der Waals surface area contributed by atoms with Gasteiger partial charge in [-0.15, -0.1) is 0 Å². The molecule has 2 bridgehead atoms. The van der Waals surface area contributed by atoms with Crippen LogP contribution in [-0.2, 0) is 0 Å². The maximum atomic E-state index is 11.9. The van der Waals surface area contributed by atoms with Crippen LogP contribution in [0.15, 0.2) is 18.3 Å². The summed E-state index contributed by atoms with van der Waals surface area (Å²) >= 11 is 5.73. The van der Waals surface area contributed by atoms with E-state index < -0.39 is 0 Å². The minimum absolute atomic E-state index is 0.110. The summed E-state index contributed by atoms with van der Waals surface area (Å²) in [5, 5.41) is 7.07. The number of carbonyl (C=O) groups is 1. The summed E-state index contributed by atoms with van der Waals surface area (Å²) < 4.78 is 0. The lowest BCUT2D eigenvalue weighted by Gasteiger charge is -2.21. The fraction of sp³-hybridized carbons (Fsp3) is 0.500. The molecule has 3 rings (SSSR count). The molecule has 1 amide bonds. The number of pyridine rings is 1. The molecule has 90 valence electrons. The van der Waals surface area contributed by atoms with Crippen LogP contribution in [0, 0.1) is 0 Å². The Morgan fingerprint density at radius 2 is 2.35 bits per heavy atom. The van der Waals surface area contributed by atoms with Gasteiger partial charge in [-0.05, 0) is 31.4 Å². The van der Waals surface area contributed by atoms with Crippen LogP contribution in [0.5, 0.6) is 0 Å². The molecule has 0 radical (unpaired) electrons. The Hall–Kier alpha value is -1.13. The van der Waals surface area contributed by atoms with Crippen LogP contribution in [0.4, 0.5) is 0 Å². The second kappa shape index (κ2) is 4.27. The molecule has 2 fully saturated rings. The highest BCUT2D eigenvalue weighted by molar-refractivity contribution is 6.30. The molecular formula is C12H14ClN3O. The molecule has 2 saturated heterocycles. The van der Waals surface area contributed by atoms with E-state index in [9.17, 15) is 4.79 Å². The van der Waals surface area contributed by atoms with Crippen molar-refractivity contribution in [1.82, 2.24) is 15.6 Å². The van der Waals surface area contributed by atoms with Gasteiger partial charge in [-0.25, -0.2) is 4.98 Å². The van der Waals surface area contributed by atoms with Crippen molar-refractivity contribution in [1.29, 1.82) is 0 Å². The minimum Gasteiger partial charge on any atom is -0.346 e. The molecule has 1 aromatic heterocycles. The van der Waals surface area contributed by atoms with Crippen LogP contribution in [-0.4, -0.2) is 29.0 Å². The largest absolute Gasteiger partial charge is 0.346 e. The first-order valence-electron chi connectivity index (χ1n) is 5.91. The average Bonchev–Trinajstić information content (AvgIpc) is 2.91. The Morgan fingerprint density at radius 1 is 1.47 bits per heavy atom. The van der Waals surface area contributed by atoms with E-state index in [-0.39, 0.29) is 11.9 Å². The number of fused-ring (bicyclic) bond motifs is 2. The summed E-state index contributed by atoms with van der Waals surface area (Å²) in [6.45, 7) is 0. The molecular weight excluding hydrogens is 238 g/mol. The summed E-state index contributed by atoms with van der Waals surface area (Å²) in [6, 6.07) is 4.61. The van der Waals surface area contributed by atoms with Crippen LogP contribution in [0.1, 0.15) is 29.8 Å². The summed E-state index contributed by atoms with van der Waals surface area (Å²) in [4.78, 5) is 16.0. The zero-order chi connectivity index (χ0) is 11.8. The van der Waals surface area contributed by atoms with E-state index in [4.69, 9.17) is 11.6 Å². The predicted octanol–water partition coefficient (Wildman–Crippen LogP) is 1.36. The molecule has 0 saturated carbocycles. The Kier molecular flexibility index (Phi) is 2.76. The van der Waals surface area contributed by atoms with Crippen molar-refractivity contribution in [3.63, 3.8) is 0 Å². The van der Waals surface area contributed by atoms with Crippen molar-refractivity contribution in [3.8, 4) is 0 Å². The first kappa shape index (κ1) is 11.0. The highest BCUT2D eigenvalue weighted by Gasteiger charge is 2.39. The van der Waals surface area contributed by atoms with Gasteiger partial charge in [0.15, 0.2) is 0 Å². The van der Waals surface area contributed by atoms with Crippen LogP contribution in [0.25, 0.3) is 0 Å². The Morgan fingerprint density at radius 3 is 2.94 bits per heavy atom. The lowest BCUT2D eigenvalue weighted by atomic mass is 9.95. The van der Waals surface area contributed by atoms with Gasteiger partial charge in [-0.3, -0.25) is 4.79 Å². The molecule has 3 atom stereocenters. The third kappa shape index (κ3) is 2.15. The zero-order valence-electron chi connectivity index (χ0n) is 9.32. The van der Waals surface area contributed by atoms with E-state index in [1.54, 1.807) is 12.1 Å².